The van der Waals surface area contributed by atoms with Gasteiger partial charge in [-0.15, -0.1) is 0 Å². The number of methoxy groups -OCH3 is 1. The van der Waals surface area contributed by atoms with Crippen LogP contribution in [-0.2, 0) is 0 Å². The molecular formula is C14H10BrClF2O2. The first-order chi connectivity index (χ1) is 9.43. The summed E-state index contributed by atoms with van der Waals surface area (Å²) in [6.07, 6.45) is -1.22. The van der Waals surface area contributed by atoms with E-state index in [1.807, 2.05) is 0 Å². The highest BCUT2D eigenvalue weighted by Gasteiger charge is 2.20. The van der Waals surface area contributed by atoms with Gasteiger partial charge in [0.25, 0.3) is 0 Å². The maximum atomic E-state index is 13.3. The Labute approximate surface area is 128 Å². The molecule has 0 spiro atoms. The Hall–Kier alpha value is -1.17. The van der Waals surface area contributed by atoms with Crippen LogP contribution in [0.1, 0.15) is 17.2 Å². The third-order valence-electron chi connectivity index (χ3n) is 2.82. The fraction of sp³-hybridized carbons (Fsp3) is 0.143. The third-order valence-corrected chi connectivity index (χ3v) is 3.64. The molecule has 2 aromatic carbocycles. The minimum absolute atomic E-state index is 0.0543. The van der Waals surface area contributed by atoms with Crippen molar-refractivity contribution in [2.45, 2.75) is 6.10 Å². The van der Waals surface area contributed by atoms with Crippen LogP contribution in [-0.4, -0.2) is 12.2 Å². The van der Waals surface area contributed by atoms with Crippen molar-refractivity contribution >= 4 is 27.5 Å². The monoisotopic (exact) mass is 362 g/mol. The summed E-state index contributed by atoms with van der Waals surface area (Å²) in [6.45, 7) is 0. The van der Waals surface area contributed by atoms with Gasteiger partial charge in [0.1, 0.15) is 11.9 Å². The quantitative estimate of drug-likeness (QED) is 0.815. The topological polar surface area (TPSA) is 29.5 Å². The molecule has 0 aromatic heterocycles. The number of rotatable bonds is 3. The van der Waals surface area contributed by atoms with Gasteiger partial charge in [-0.05, 0) is 24.3 Å². The summed E-state index contributed by atoms with van der Waals surface area (Å²) in [5.74, 6) is -1.72. The van der Waals surface area contributed by atoms with Crippen molar-refractivity contribution in [1.29, 1.82) is 0 Å². The minimum Gasteiger partial charge on any atom is -0.496 e. The van der Waals surface area contributed by atoms with Gasteiger partial charge in [0.2, 0.25) is 0 Å². The van der Waals surface area contributed by atoms with Crippen LogP contribution in [0.15, 0.2) is 34.8 Å². The molecule has 6 heteroatoms. The Morgan fingerprint density at radius 3 is 2.45 bits per heavy atom. The Balaban J connectivity index is 2.51. The second-order valence-electron chi connectivity index (χ2n) is 4.08. The lowest BCUT2D eigenvalue weighted by atomic mass is 10.0. The van der Waals surface area contributed by atoms with Gasteiger partial charge in [-0.25, -0.2) is 8.78 Å². The summed E-state index contributed by atoms with van der Waals surface area (Å²) >= 11 is 9.14. The van der Waals surface area contributed by atoms with E-state index in [1.165, 1.54) is 7.11 Å². The number of aliphatic hydroxyl groups is 1. The Bertz CT molecular complexity index is 649. The standard InChI is InChI=1S/C14H10BrClF2O2/c1-20-13-4-7(15)2-3-8(13)14(19)9-5-11(17)12(18)6-10(9)16/h2-6,14,19H,1H3. The van der Waals surface area contributed by atoms with Crippen LogP contribution in [0.3, 0.4) is 0 Å². The Morgan fingerprint density at radius 1 is 1.15 bits per heavy atom. The lowest BCUT2D eigenvalue weighted by molar-refractivity contribution is 0.214. The van der Waals surface area contributed by atoms with E-state index in [2.05, 4.69) is 15.9 Å². The van der Waals surface area contributed by atoms with Crippen molar-refractivity contribution in [1.82, 2.24) is 0 Å². The van der Waals surface area contributed by atoms with Crippen LogP contribution in [0.4, 0.5) is 8.78 Å². The minimum atomic E-state index is -1.22. The van der Waals surface area contributed by atoms with E-state index in [0.29, 0.717) is 11.3 Å². The van der Waals surface area contributed by atoms with E-state index in [4.69, 9.17) is 16.3 Å². The molecule has 0 aliphatic rings. The molecule has 106 valence electrons. The van der Waals surface area contributed by atoms with Crippen molar-refractivity contribution in [3.8, 4) is 5.75 Å². The molecule has 0 heterocycles. The molecule has 0 amide bonds. The number of hydrogen-bond acceptors (Lipinski definition) is 2. The van der Waals surface area contributed by atoms with Crippen LogP contribution in [0, 0.1) is 11.6 Å². The first-order valence-corrected chi connectivity index (χ1v) is 6.77. The smallest absolute Gasteiger partial charge is 0.160 e. The van der Waals surface area contributed by atoms with E-state index >= 15 is 0 Å². The molecule has 0 saturated heterocycles. The summed E-state index contributed by atoms with van der Waals surface area (Å²) in [6, 6.07) is 6.69. The van der Waals surface area contributed by atoms with Crippen molar-refractivity contribution in [2.75, 3.05) is 7.11 Å². The zero-order valence-corrected chi connectivity index (χ0v) is 12.7. The molecule has 0 aliphatic carbocycles. The SMILES string of the molecule is COc1cc(Br)ccc1C(O)c1cc(F)c(F)cc1Cl. The molecule has 1 atom stereocenters. The highest BCUT2D eigenvalue weighted by atomic mass is 79.9. The highest BCUT2D eigenvalue weighted by molar-refractivity contribution is 9.10. The first kappa shape index (κ1) is 15.2. The summed E-state index contributed by atoms with van der Waals surface area (Å²) in [5.41, 5.74) is 0.481. The normalized spacial score (nSPS) is 12.3. The molecule has 2 nitrogen and oxygen atoms in total. The zero-order chi connectivity index (χ0) is 14.9. The van der Waals surface area contributed by atoms with Gasteiger partial charge >= 0.3 is 0 Å². The predicted octanol–water partition coefficient (Wildman–Crippen LogP) is 4.47. The maximum absolute atomic E-state index is 13.3. The molecule has 0 saturated carbocycles. The molecule has 2 aromatic rings. The van der Waals surface area contributed by atoms with Gasteiger partial charge in [-0.2, -0.15) is 0 Å². The fourth-order valence-corrected chi connectivity index (χ4v) is 2.42. The predicted molar refractivity (Wildman–Crippen MR) is 76.1 cm³/mol. The lowest BCUT2D eigenvalue weighted by Crippen LogP contribution is -2.04. The molecule has 2 rings (SSSR count). The number of benzene rings is 2. The largest absolute Gasteiger partial charge is 0.496 e. The number of aliphatic hydroxyl groups excluding tert-OH is 1. The zero-order valence-electron chi connectivity index (χ0n) is 10.3. The average Bonchev–Trinajstić information content (AvgIpc) is 2.42. The van der Waals surface area contributed by atoms with E-state index in [1.54, 1.807) is 18.2 Å². The fourth-order valence-electron chi connectivity index (χ4n) is 1.83. The van der Waals surface area contributed by atoms with Gasteiger partial charge in [0.15, 0.2) is 11.6 Å². The molecular weight excluding hydrogens is 354 g/mol. The van der Waals surface area contributed by atoms with Gasteiger partial charge in [-0.1, -0.05) is 33.6 Å². The number of ether oxygens (including phenoxy) is 1. The van der Waals surface area contributed by atoms with Crippen LogP contribution in [0.25, 0.3) is 0 Å². The number of halogens is 4. The average molecular weight is 364 g/mol. The van der Waals surface area contributed by atoms with Gasteiger partial charge in [-0.3, -0.25) is 0 Å². The number of hydrogen-bond donors (Lipinski definition) is 1. The Morgan fingerprint density at radius 2 is 1.80 bits per heavy atom. The second kappa shape index (κ2) is 6.08. The lowest BCUT2D eigenvalue weighted by Gasteiger charge is -2.17. The molecule has 0 radical (unpaired) electrons. The van der Waals surface area contributed by atoms with E-state index in [-0.39, 0.29) is 10.6 Å². The molecule has 0 bridgehead atoms. The van der Waals surface area contributed by atoms with E-state index in [0.717, 1.165) is 16.6 Å². The second-order valence-corrected chi connectivity index (χ2v) is 5.40. The van der Waals surface area contributed by atoms with Gasteiger partial charge < -0.3 is 9.84 Å². The maximum Gasteiger partial charge on any atom is 0.160 e. The highest BCUT2D eigenvalue weighted by Crippen LogP contribution is 2.35. The van der Waals surface area contributed by atoms with Crippen LogP contribution in [0.5, 0.6) is 5.75 Å². The van der Waals surface area contributed by atoms with Crippen LogP contribution in [0.2, 0.25) is 5.02 Å². The third kappa shape index (κ3) is 2.95. The molecule has 1 unspecified atom stereocenters. The first-order valence-electron chi connectivity index (χ1n) is 5.60. The Kier molecular flexibility index (Phi) is 4.62. The molecule has 1 N–H and O–H groups in total. The van der Waals surface area contributed by atoms with E-state index < -0.39 is 17.7 Å². The van der Waals surface area contributed by atoms with Crippen LogP contribution >= 0.6 is 27.5 Å². The van der Waals surface area contributed by atoms with Crippen molar-refractivity contribution in [3.05, 3.63) is 62.6 Å². The summed E-state index contributed by atoms with van der Waals surface area (Å²) in [7, 11) is 1.45. The van der Waals surface area contributed by atoms with Gasteiger partial charge in [0.05, 0.1) is 7.11 Å². The molecule has 0 aliphatic heterocycles. The van der Waals surface area contributed by atoms with Crippen LogP contribution < -0.4 is 4.74 Å². The van der Waals surface area contributed by atoms with Crippen molar-refractivity contribution < 1.29 is 18.6 Å². The summed E-state index contributed by atoms with van der Waals surface area (Å²) < 4.78 is 32.3. The van der Waals surface area contributed by atoms with Crippen molar-refractivity contribution in [2.24, 2.45) is 0 Å². The molecule has 0 fully saturated rings. The van der Waals surface area contributed by atoms with Crippen molar-refractivity contribution in [3.63, 3.8) is 0 Å². The van der Waals surface area contributed by atoms with Gasteiger partial charge in [0, 0.05) is 20.6 Å². The summed E-state index contributed by atoms with van der Waals surface area (Å²) in [4.78, 5) is 0. The molecule has 20 heavy (non-hydrogen) atoms. The van der Waals surface area contributed by atoms with E-state index in [9.17, 15) is 13.9 Å². The summed E-state index contributed by atoms with van der Waals surface area (Å²) in [5, 5.41) is 10.3.